The molecule has 2 fully saturated rings. The smallest absolute Gasteiger partial charge is 0.266 e. The van der Waals surface area contributed by atoms with Gasteiger partial charge in [0.15, 0.2) is 5.76 Å². The van der Waals surface area contributed by atoms with Crippen LogP contribution in [0.25, 0.3) is 11.5 Å². The molecule has 0 radical (unpaired) electrons. The Bertz CT molecular complexity index is 1290. The van der Waals surface area contributed by atoms with E-state index in [-0.39, 0.29) is 11.9 Å². The zero-order valence-corrected chi connectivity index (χ0v) is 23.0. The Morgan fingerprint density at radius 3 is 2.32 bits per heavy atom. The molecule has 6 heteroatoms. The first kappa shape index (κ1) is 25.6. The van der Waals surface area contributed by atoms with Crippen molar-refractivity contribution >= 4 is 45.7 Å². The van der Waals surface area contributed by atoms with Crippen LogP contribution in [0.4, 0.5) is 0 Å². The van der Waals surface area contributed by atoms with Crippen LogP contribution in [-0.2, 0) is 9.53 Å². The van der Waals surface area contributed by atoms with Gasteiger partial charge in [0.2, 0.25) is 5.88 Å². The second-order valence-corrected chi connectivity index (χ2v) is 11.1. The van der Waals surface area contributed by atoms with Gasteiger partial charge in [0, 0.05) is 23.7 Å². The van der Waals surface area contributed by atoms with Gasteiger partial charge >= 0.3 is 0 Å². The molecule has 2 heterocycles. The van der Waals surface area contributed by atoms with Crippen LogP contribution in [0.2, 0.25) is 0 Å². The second-order valence-electron chi connectivity index (χ2n) is 9.47. The molecule has 2 aliphatic heterocycles. The number of benzene rings is 2. The van der Waals surface area contributed by atoms with Gasteiger partial charge in [-0.3, -0.25) is 9.69 Å². The van der Waals surface area contributed by atoms with E-state index in [4.69, 9.17) is 17.0 Å². The van der Waals surface area contributed by atoms with Crippen LogP contribution in [0.15, 0.2) is 95.3 Å². The highest BCUT2D eigenvalue weighted by Crippen LogP contribution is 2.41. The average molecular weight is 529 g/mol. The van der Waals surface area contributed by atoms with Crippen molar-refractivity contribution in [3.8, 4) is 0 Å². The minimum absolute atomic E-state index is 0.0587. The van der Waals surface area contributed by atoms with Gasteiger partial charge in [-0.1, -0.05) is 116 Å². The topological polar surface area (TPSA) is 32.8 Å². The van der Waals surface area contributed by atoms with E-state index < -0.39 is 0 Å². The van der Waals surface area contributed by atoms with Crippen molar-refractivity contribution < 1.29 is 9.53 Å². The fraction of sp³-hybridized carbons (Fsp3) is 0.290. The summed E-state index contributed by atoms with van der Waals surface area (Å²) in [5, 5.41) is 0. The maximum Gasteiger partial charge on any atom is 0.266 e. The van der Waals surface area contributed by atoms with Crippen LogP contribution < -0.4 is 0 Å². The first-order chi connectivity index (χ1) is 18.1. The van der Waals surface area contributed by atoms with Gasteiger partial charge in [-0.2, -0.15) is 0 Å². The van der Waals surface area contributed by atoms with E-state index in [0.29, 0.717) is 4.32 Å². The van der Waals surface area contributed by atoms with E-state index in [2.05, 4.69) is 36.1 Å². The highest BCUT2D eigenvalue weighted by Gasteiger charge is 2.38. The number of ether oxygens (including phenoxy) is 1. The van der Waals surface area contributed by atoms with Gasteiger partial charge in [0.25, 0.3) is 5.91 Å². The number of carbonyl (C=O) groups is 1. The summed E-state index contributed by atoms with van der Waals surface area (Å²) in [6.45, 7) is 4.87. The van der Waals surface area contributed by atoms with Crippen LogP contribution in [0.1, 0.15) is 57.1 Å². The Morgan fingerprint density at radius 2 is 1.68 bits per heavy atom. The van der Waals surface area contributed by atoms with Crippen molar-refractivity contribution in [2.24, 2.45) is 0 Å². The number of thioether (sulfide) groups is 1. The largest absolute Gasteiger partial charge is 0.438 e. The molecule has 4 nitrogen and oxygen atoms in total. The molecule has 0 N–H and O–H groups in total. The summed E-state index contributed by atoms with van der Waals surface area (Å²) >= 11 is 7.04. The number of carbonyl (C=O) groups excluding carboxylic acids is 1. The van der Waals surface area contributed by atoms with Crippen LogP contribution in [0, 0.1) is 0 Å². The van der Waals surface area contributed by atoms with Gasteiger partial charge in [-0.25, -0.2) is 0 Å². The number of amides is 1. The van der Waals surface area contributed by atoms with Crippen LogP contribution in [-0.4, -0.2) is 32.6 Å². The third kappa shape index (κ3) is 5.32. The number of nitrogens with zero attached hydrogens (tertiary/aromatic N) is 2. The van der Waals surface area contributed by atoms with Gasteiger partial charge < -0.3 is 9.64 Å². The SMILES string of the molecule is CCN1C(c2ccccc2)=C(c2ccccc2)O\C1=C/C=C/C(C)=C1/SC(=S)N(C2CCCCC2)C1=O. The van der Waals surface area contributed by atoms with Gasteiger partial charge in [-0.15, -0.1) is 0 Å². The van der Waals surface area contributed by atoms with Crippen molar-refractivity contribution in [2.45, 2.75) is 52.0 Å². The van der Waals surface area contributed by atoms with E-state index in [1.165, 1.54) is 31.0 Å². The van der Waals surface area contributed by atoms with Gasteiger partial charge in [0.05, 0.1) is 10.6 Å². The number of allylic oxidation sites excluding steroid dienone is 4. The molecule has 1 saturated heterocycles. The van der Waals surface area contributed by atoms with Gasteiger partial charge in [0.1, 0.15) is 4.32 Å². The molecule has 2 aromatic carbocycles. The molecule has 37 heavy (non-hydrogen) atoms. The number of rotatable bonds is 6. The molecule has 0 atom stereocenters. The summed E-state index contributed by atoms with van der Waals surface area (Å²) in [7, 11) is 0. The monoisotopic (exact) mass is 528 g/mol. The van der Waals surface area contributed by atoms with Gasteiger partial charge in [-0.05, 0) is 38.3 Å². The number of thiocarbonyl (C=S) groups is 1. The predicted molar refractivity (Wildman–Crippen MR) is 157 cm³/mol. The lowest BCUT2D eigenvalue weighted by molar-refractivity contribution is -0.124. The second kappa shape index (κ2) is 11.5. The van der Waals surface area contributed by atoms with E-state index in [1.54, 1.807) is 0 Å². The molecule has 1 saturated carbocycles. The van der Waals surface area contributed by atoms with Crippen molar-refractivity contribution in [1.29, 1.82) is 0 Å². The first-order valence-electron chi connectivity index (χ1n) is 13.0. The first-order valence-corrected chi connectivity index (χ1v) is 14.3. The molecule has 0 spiro atoms. The third-order valence-corrected chi connectivity index (χ3v) is 8.56. The molecular weight excluding hydrogens is 496 g/mol. The summed E-state index contributed by atoms with van der Waals surface area (Å²) in [6.07, 6.45) is 11.6. The zero-order chi connectivity index (χ0) is 25.8. The third-order valence-electron chi connectivity index (χ3n) is 7.04. The van der Waals surface area contributed by atoms with E-state index in [0.717, 1.165) is 58.3 Å². The summed E-state index contributed by atoms with van der Waals surface area (Å²) in [5.41, 5.74) is 4.13. The van der Waals surface area contributed by atoms with Crippen molar-refractivity contribution in [3.05, 3.63) is 106 Å². The van der Waals surface area contributed by atoms with Crippen LogP contribution >= 0.6 is 24.0 Å². The van der Waals surface area contributed by atoms with Crippen molar-refractivity contribution in [1.82, 2.24) is 9.80 Å². The molecular formula is C31H32N2O2S2. The summed E-state index contributed by atoms with van der Waals surface area (Å²) < 4.78 is 7.15. The van der Waals surface area contributed by atoms with E-state index >= 15 is 0 Å². The van der Waals surface area contributed by atoms with Crippen molar-refractivity contribution in [2.75, 3.05) is 6.54 Å². The summed E-state index contributed by atoms with van der Waals surface area (Å²) in [4.78, 5) is 18.0. The highest BCUT2D eigenvalue weighted by molar-refractivity contribution is 8.26. The molecule has 3 aliphatic rings. The average Bonchev–Trinajstić information content (AvgIpc) is 3.46. The lowest BCUT2D eigenvalue weighted by atomic mass is 9.94. The predicted octanol–water partition coefficient (Wildman–Crippen LogP) is 7.73. The number of hydrogen-bond donors (Lipinski definition) is 0. The Balaban J connectivity index is 1.41. The molecule has 1 amide bonds. The Kier molecular flexibility index (Phi) is 7.96. The minimum Gasteiger partial charge on any atom is -0.438 e. The maximum atomic E-state index is 13.2. The molecule has 2 aromatic rings. The summed E-state index contributed by atoms with van der Waals surface area (Å²) in [6, 6.07) is 20.8. The molecule has 0 bridgehead atoms. The Labute approximate surface area is 229 Å². The fourth-order valence-corrected chi connectivity index (χ4v) is 6.57. The quantitative estimate of drug-likeness (QED) is 0.283. The fourth-order valence-electron chi connectivity index (χ4n) is 5.17. The zero-order valence-electron chi connectivity index (χ0n) is 21.4. The lowest BCUT2D eigenvalue weighted by Gasteiger charge is -2.29. The van der Waals surface area contributed by atoms with Crippen LogP contribution in [0.5, 0.6) is 0 Å². The maximum absolute atomic E-state index is 13.2. The molecule has 190 valence electrons. The molecule has 5 rings (SSSR count). The minimum atomic E-state index is 0.0587. The molecule has 0 aromatic heterocycles. The normalized spacial score (nSPS) is 21.5. The standard InChI is InChI=1S/C31H32N2O2S2/c1-3-32-26(35-28(24-17-9-5-10-18-24)27(32)23-15-7-4-8-16-23)21-13-14-22(2)29-30(34)33(31(36)37-29)25-19-11-6-12-20-25/h4-5,7-10,13-18,21,25H,3,6,11-12,19-20H2,1-2H3/b14-13+,26-21-,29-22+. The molecule has 0 unspecified atom stereocenters. The Hall–Kier alpha value is -3.09. The number of hydrogen-bond acceptors (Lipinski definition) is 5. The molecule has 1 aliphatic carbocycles. The van der Waals surface area contributed by atoms with E-state index in [9.17, 15) is 4.79 Å². The van der Waals surface area contributed by atoms with E-state index in [1.807, 2.05) is 66.4 Å². The van der Waals surface area contributed by atoms with Crippen molar-refractivity contribution in [3.63, 3.8) is 0 Å². The summed E-state index contributed by atoms with van der Waals surface area (Å²) in [5.74, 6) is 1.67. The lowest BCUT2D eigenvalue weighted by Crippen LogP contribution is -2.39. The highest BCUT2D eigenvalue weighted by atomic mass is 32.2. The van der Waals surface area contributed by atoms with Crippen LogP contribution in [0.3, 0.4) is 0 Å². The Morgan fingerprint density at radius 1 is 1.03 bits per heavy atom.